The van der Waals surface area contributed by atoms with Gasteiger partial charge in [-0.05, 0) is 18.4 Å². The summed E-state index contributed by atoms with van der Waals surface area (Å²) in [6, 6.07) is 9.85. The minimum Gasteiger partial charge on any atom is -0.344 e. The van der Waals surface area contributed by atoms with E-state index in [9.17, 15) is 0 Å². The van der Waals surface area contributed by atoms with Crippen LogP contribution in [0.1, 0.15) is 48.6 Å². The molecule has 0 bridgehead atoms. The lowest BCUT2D eigenvalue weighted by molar-refractivity contribution is 0.776. The molecule has 3 nitrogen and oxygen atoms in total. The van der Waals surface area contributed by atoms with E-state index in [1.165, 1.54) is 0 Å². The summed E-state index contributed by atoms with van der Waals surface area (Å²) in [5, 5.41) is 0. The summed E-state index contributed by atoms with van der Waals surface area (Å²) < 4.78 is 0. The van der Waals surface area contributed by atoms with Gasteiger partial charge in [-0.2, -0.15) is 0 Å². The van der Waals surface area contributed by atoms with Crippen molar-refractivity contribution in [3.63, 3.8) is 0 Å². The number of hydrogen-bond donors (Lipinski definition) is 2. The van der Waals surface area contributed by atoms with Gasteiger partial charge in [-0.25, -0.2) is 4.98 Å². The largest absolute Gasteiger partial charge is 0.344 e. The SMILES string of the molecule is Cc1[nH]c(C(N)c2ccccc2)nc1C(C)C. The Bertz CT molecular complexity index is 485. The summed E-state index contributed by atoms with van der Waals surface area (Å²) in [6.45, 7) is 6.32. The van der Waals surface area contributed by atoms with E-state index in [2.05, 4.69) is 23.8 Å². The molecule has 0 saturated carbocycles. The molecule has 90 valence electrons. The summed E-state index contributed by atoms with van der Waals surface area (Å²) in [4.78, 5) is 7.89. The summed E-state index contributed by atoms with van der Waals surface area (Å²) in [5.41, 5.74) is 9.50. The number of nitrogens with two attached hydrogens (primary N) is 1. The maximum absolute atomic E-state index is 6.20. The molecule has 0 fully saturated rings. The number of H-pyrrole nitrogens is 1. The number of benzene rings is 1. The van der Waals surface area contributed by atoms with Gasteiger partial charge in [0, 0.05) is 5.69 Å². The highest BCUT2D eigenvalue weighted by atomic mass is 15.0. The van der Waals surface area contributed by atoms with E-state index in [0.29, 0.717) is 5.92 Å². The van der Waals surface area contributed by atoms with Gasteiger partial charge in [0.25, 0.3) is 0 Å². The highest BCUT2D eigenvalue weighted by Crippen LogP contribution is 2.22. The van der Waals surface area contributed by atoms with Crippen LogP contribution >= 0.6 is 0 Å². The second kappa shape index (κ2) is 4.72. The number of rotatable bonds is 3. The second-order valence-corrected chi connectivity index (χ2v) is 4.68. The second-order valence-electron chi connectivity index (χ2n) is 4.68. The summed E-state index contributed by atoms with van der Waals surface area (Å²) in [6.07, 6.45) is 0. The van der Waals surface area contributed by atoms with E-state index in [1.807, 2.05) is 37.3 Å². The average molecular weight is 229 g/mol. The van der Waals surface area contributed by atoms with Crippen molar-refractivity contribution in [2.24, 2.45) is 5.73 Å². The van der Waals surface area contributed by atoms with Crippen molar-refractivity contribution in [1.29, 1.82) is 0 Å². The maximum atomic E-state index is 6.20. The molecule has 1 aromatic carbocycles. The molecule has 2 aromatic rings. The van der Waals surface area contributed by atoms with Gasteiger partial charge < -0.3 is 10.7 Å². The number of aryl methyl sites for hydroxylation is 1. The van der Waals surface area contributed by atoms with Crippen LogP contribution in [0.4, 0.5) is 0 Å². The minimum atomic E-state index is -0.178. The van der Waals surface area contributed by atoms with Crippen LogP contribution in [0.15, 0.2) is 30.3 Å². The van der Waals surface area contributed by atoms with Gasteiger partial charge in [0.1, 0.15) is 5.82 Å². The quantitative estimate of drug-likeness (QED) is 0.850. The summed E-state index contributed by atoms with van der Waals surface area (Å²) >= 11 is 0. The maximum Gasteiger partial charge on any atom is 0.128 e. The molecule has 2 rings (SSSR count). The lowest BCUT2D eigenvalue weighted by Crippen LogP contribution is -2.13. The van der Waals surface area contributed by atoms with Crippen molar-refractivity contribution >= 4 is 0 Å². The first-order valence-corrected chi connectivity index (χ1v) is 5.96. The molecule has 17 heavy (non-hydrogen) atoms. The van der Waals surface area contributed by atoms with Crippen LogP contribution in [-0.2, 0) is 0 Å². The van der Waals surface area contributed by atoms with Crippen molar-refractivity contribution in [3.8, 4) is 0 Å². The number of nitrogens with one attached hydrogen (secondary N) is 1. The zero-order valence-electron chi connectivity index (χ0n) is 10.6. The Morgan fingerprint density at radius 3 is 2.35 bits per heavy atom. The molecule has 3 N–H and O–H groups in total. The average Bonchev–Trinajstić information content (AvgIpc) is 2.71. The Hall–Kier alpha value is -1.61. The van der Waals surface area contributed by atoms with Crippen molar-refractivity contribution < 1.29 is 0 Å². The first-order chi connectivity index (χ1) is 8.09. The lowest BCUT2D eigenvalue weighted by atomic mass is 10.1. The van der Waals surface area contributed by atoms with Gasteiger partial charge in [0.15, 0.2) is 0 Å². The number of nitrogens with zero attached hydrogens (tertiary/aromatic N) is 1. The minimum absolute atomic E-state index is 0.178. The Labute approximate surface area is 102 Å². The number of aromatic amines is 1. The molecule has 3 heteroatoms. The van der Waals surface area contributed by atoms with Gasteiger partial charge >= 0.3 is 0 Å². The van der Waals surface area contributed by atoms with E-state index in [0.717, 1.165) is 22.8 Å². The molecule has 0 aliphatic carbocycles. The third kappa shape index (κ3) is 2.39. The van der Waals surface area contributed by atoms with Crippen LogP contribution in [0.5, 0.6) is 0 Å². The zero-order valence-corrected chi connectivity index (χ0v) is 10.6. The van der Waals surface area contributed by atoms with Crippen LogP contribution in [0.3, 0.4) is 0 Å². The number of imidazole rings is 1. The van der Waals surface area contributed by atoms with Crippen LogP contribution in [-0.4, -0.2) is 9.97 Å². The van der Waals surface area contributed by atoms with Crippen LogP contribution in [0, 0.1) is 6.92 Å². The van der Waals surface area contributed by atoms with E-state index in [1.54, 1.807) is 0 Å². The van der Waals surface area contributed by atoms with Gasteiger partial charge in [-0.3, -0.25) is 0 Å². The van der Waals surface area contributed by atoms with Gasteiger partial charge in [0.05, 0.1) is 11.7 Å². The fourth-order valence-electron chi connectivity index (χ4n) is 2.03. The number of aromatic nitrogens is 2. The molecule has 1 unspecified atom stereocenters. The number of hydrogen-bond acceptors (Lipinski definition) is 2. The summed E-state index contributed by atoms with van der Waals surface area (Å²) in [7, 11) is 0. The summed E-state index contributed by atoms with van der Waals surface area (Å²) in [5.74, 6) is 1.26. The normalized spacial score (nSPS) is 13.0. The van der Waals surface area contributed by atoms with Crippen LogP contribution < -0.4 is 5.73 Å². The monoisotopic (exact) mass is 229 g/mol. The molecular weight excluding hydrogens is 210 g/mol. The Balaban J connectivity index is 2.32. The third-order valence-electron chi connectivity index (χ3n) is 2.94. The highest BCUT2D eigenvalue weighted by molar-refractivity contribution is 5.27. The molecule has 0 radical (unpaired) electrons. The standard InChI is InChI=1S/C14H19N3/c1-9(2)13-10(3)16-14(17-13)12(15)11-7-5-4-6-8-11/h4-9,12H,15H2,1-3H3,(H,16,17). The predicted octanol–water partition coefficient (Wildman–Crippen LogP) is 2.89. The predicted molar refractivity (Wildman–Crippen MR) is 69.9 cm³/mol. The fourth-order valence-corrected chi connectivity index (χ4v) is 2.03. The topological polar surface area (TPSA) is 54.7 Å². The molecule has 0 spiro atoms. The Morgan fingerprint density at radius 2 is 1.82 bits per heavy atom. The lowest BCUT2D eigenvalue weighted by Gasteiger charge is -2.08. The van der Waals surface area contributed by atoms with E-state index >= 15 is 0 Å². The molecular formula is C14H19N3. The van der Waals surface area contributed by atoms with Crippen LogP contribution in [0.25, 0.3) is 0 Å². The zero-order chi connectivity index (χ0) is 12.4. The van der Waals surface area contributed by atoms with Crippen LogP contribution in [0.2, 0.25) is 0 Å². The van der Waals surface area contributed by atoms with E-state index < -0.39 is 0 Å². The molecule has 1 atom stereocenters. The molecule has 1 heterocycles. The molecule has 0 amide bonds. The van der Waals surface area contributed by atoms with Crippen molar-refractivity contribution in [2.75, 3.05) is 0 Å². The highest BCUT2D eigenvalue weighted by Gasteiger charge is 2.16. The Kier molecular flexibility index (Phi) is 3.29. The molecule has 0 aliphatic heterocycles. The third-order valence-corrected chi connectivity index (χ3v) is 2.94. The van der Waals surface area contributed by atoms with E-state index in [4.69, 9.17) is 5.73 Å². The smallest absolute Gasteiger partial charge is 0.128 e. The molecule has 1 aromatic heterocycles. The Morgan fingerprint density at radius 1 is 1.18 bits per heavy atom. The molecule has 0 aliphatic rings. The van der Waals surface area contributed by atoms with Gasteiger partial charge in [0.2, 0.25) is 0 Å². The fraction of sp³-hybridized carbons (Fsp3) is 0.357. The van der Waals surface area contributed by atoms with Gasteiger partial charge in [-0.15, -0.1) is 0 Å². The first-order valence-electron chi connectivity index (χ1n) is 5.96. The van der Waals surface area contributed by atoms with Gasteiger partial charge in [-0.1, -0.05) is 44.2 Å². The van der Waals surface area contributed by atoms with Crippen molar-refractivity contribution in [3.05, 3.63) is 53.1 Å². The molecule has 0 saturated heterocycles. The van der Waals surface area contributed by atoms with E-state index in [-0.39, 0.29) is 6.04 Å². The first kappa shape index (κ1) is 11.9. The van der Waals surface area contributed by atoms with Crippen molar-refractivity contribution in [1.82, 2.24) is 9.97 Å². The van der Waals surface area contributed by atoms with Crippen molar-refractivity contribution in [2.45, 2.75) is 32.7 Å².